The number of piperidine rings is 1. The molecule has 4 N–H and O–H groups in total. The molecule has 3 saturated heterocycles. The molecule has 2 aromatic rings. The molecule has 4 fully saturated rings. The number of rotatable bonds is 4. The maximum Gasteiger partial charge on any atom is 0.259 e. The van der Waals surface area contributed by atoms with Gasteiger partial charge in [-0.05, 0) is 24.2 Å². The van der Waals surface area contributed by atoms with E-state index < -0.39 is 5.82 Å². The summed E-state index contributed by atoms with van der Waals surface area (Å²) in [6, 6.07) is -0.371. The third kappa shape index (κ3) is 3.71. The number of fused-ring (bicyclic) bond motifs is 3. The van der Waals surface area contributed by atoms with E-state index in [-0.39, 0.29) is 46.5 Å². The third-order valence-corrected chi connectivity index (χ3v) is 9.83. The Morgan fingerprint density at radius 3 is 2.87 bits per heavy atom. The van der Waals surface area contributed by atoms with Crippen LogP contribution in [0.4, 0.5) is 10.2 Å². The Morgan fingerprint density at radius 2 is 2.08 bits per heavy atom. The van der Waals surface area contributed by atoms with E-state index in [0.29, 0.717) is 30.8 Å². The highest BCUT2D eigenvalue weighted by molar-refractivity contribution is 6.04. The van der Waals surface area contributed by atoms with Gasteiger partial charge in [0.1, 0.15) is 11.6 Å². The molecule has 5 heterocycles. The fourth-order valence-electron chi connectivity index (χ4n) is 8.11. The number of likely N-dealkylation sites (N-methyl/N-ethyl adjacent to an activating group) is 1. The minimum Gasteiger partial charge on any atom is -0.381 e. The molecule has 4 aliphatic rings. The minimum absolute atomic E-state index is 0.0188. The lowest BCUT2D eigenvalue weighted by Crippen LogP contribution is -2.77. The molecule has 3 aliphatic heterocycles. The van der Waals surface area contributed by atoms with Gasteiger partial charge in [-0.3, -0.25) is 19.4 Å². The molecule has 1 aliphatic carbocycles. The number of halogens is 1. The van der Waals surface area contributed by atoms with Gasteiger partial charge in [0, 0.05) is 58.4 Å². The zero-order valence-electron chi connectivity index (χ0n) is 22.4. The predicted molar refractivity (Wildman–Crippen MR) is 140 cm³/mol. The standard InChI is InChI=1S/C26H38FN9O2/c1-4-16-9-15(2)26(35-8-7-34-6-5-33(3)25(38)19(34)14-35)18(16)11-29-12-20(26)31-24(37)21-22(28)32-36-13-17(27)10-30-23(21)36/h10,13,15-16,18-20,29H,4-9,11-12,14H2,1-3H3,(H2,28,32)(H,31,37)/t15?,16-,18?,19?,20?,26?/m1/s1. The van der Waals surface area contributed by atoms with E-state index in [1.54, 1.807) is 0 Å². The number of anilines is 1. The Morgan fingerprint density at radius 1 is 1.29 bits per heavy atom. The van der Waals surface area contributed by atoms with Crippen molar-refractivity contribution in [2.45, 2.75) is 44.3 Å². The monoisotopic (exact) mass is 527 g/mol. The molecule has 1 saturated carbocycles. The third-order valence-electron chi connectivity index (χ3n) is 9.83. The molecule has 6 rings (SSSR count). The van der Waals surface area contributed by atoms with Crippen LogP contribution in [0.5, 0.6) is 0 Å². The largest absolute Gasteiger partial charge is 0.381 e. The second-order valence-electron chi connectivity index (χ2n) is 11.5. The normalized spacial score (nSPS) is 34.4. The van der Waals surface area contributed by atoms with Crippen molar-refractivity contribution in [2.24, 2.45) is 17.8 Å². The Bertz CT molecular complexity index is 1250. The Balaban J connectivity index is 1.36. The fraction of sp³-hybridized carbons (Fsp3) is 0.692. The van der Waals surface area contributed by atoms with Crippen molar-refractivity contribution in [3.8, 4) is 0 Å². The summed E-state index contributed by atoms with van der Waals surface area (Å²) >= 11 is 0. The molecule has 0 bridgehead atoms. The van der Waals surface area contributed by atoms with Crippen LogP contribution in [0.15, 0.2) is 12.4 Å². The molecular formula is C26H38FN9O2. The average Bonchev–Trinajstić information content (AvgIpc) is 3.39. The second kappa shape index (κ2) is 9.42. The number of hydrogen-bond donors (Lipinski definition) is 3. The van der Waals surface area contributed by atoms with Crippen LogP contribution in [0.1, 0.15) is 37.0 Å². The van der Waals surface area contributed by atoms with Crippen molar-refractivity contribution in [1.82, 2.24) is 39.9 Å². The molecule has 0 aromatic carbocycles. The number of nitrogens with one attached hydrogen (secondary N) is 2. The van der Waals surface area contributed by atoms with Gasteiger partial charge in [0.25, 0.3) is 5.91 Å². The van der Waals surface area contributed by atoms with Crippen LogP contribution in [0.2, 0.25) is 0 Å². The first-order chi connectivity index (χ1) is 18.2. The first kappa shape index (κ1) is 25.4. The van der Waals surface area contributed by atoms with Gasteiger partial charge in [0.05, 0.1) is 18.4 Å². The number of hydrogen-bond acceptors (Lipinski definition) is 8. The topological polar surface area (TPSA) is 124 Å². The van der Waals surface area contributed by atoms with Gasteiger partial charge in [0.15, 0.2) is 17.3 Å². The van der Waals surface area contributed by atoms with Crippen LogP contribution in [0.25, 0.3) is 5.65 Å². The van der Waals surface area contributed by atoms with Crippen LogP contribution in [0, 0.1) is 23.6 Å². The van der Waals surface area contributed by atoms with E-state index in [9.17, 15) is 14.0 Å². The zero-order chi connectivity index (χ0) is 26.8. The Kier molecular flexibility index (Phi) is 6.31. The van der Waals surface area contributed by atoms with E-state index >= 15 is 0 Å². The van der Waals surface area contributed by atoms with Crippen LogP contribution < -0.4 is 16.4 Å². The van der Waals surface area contributed by atoms with Gasteiger partial charge < -0.3 is 21.3 Å². The number of nitrogens with two attached hydrogens (primary N) is 1. The van der Waals surface area contributed by atoms with Crippen molar-refractivity contribution in [1.29, 1.82) is 0 Å². The van der Waals surface area contributed by atoms with Gasteiger partial charge in [-0.1, -0.05) is 20.3 Å². The molecule has 5 unspecified atom stereocenters. The number of aromatic nitrogens is 3. The van der Waals surface area contributed by atoms with Gasteiger partial charge in [-0.15, -0.1) is 5.10 Å². The molecule has 38 heavy (non-hydrogen) atoms. The summed E-state index contributed by atoms with van der Waals surface area (Å²) in [7, 11) is 1.89. The van der Waals surface area contributed by atoms with Crippen LogP contribution in [-0.4, -0.2) is 112 Å². The number of amides is 2. The first-order valence-electron chi connectivity index (χ1n) is 13.8. The molecule has 11 nitrogen and oxygen atoms in total. The summed E-state index contributed by atoms with van der Waals surface area (Å²) in [6.45, 7) is 10.1. The molecule has 0 spiro atoms. The van der Waals surface area contributed by atoms with Gasteiger partial charge >= 0.3 is 0 Å². The fourth-order valence-corrected chi connectivity index (χ4v) is 8.11. The van der Waals surface area contributed by atoms with Crippen LogP contribution in [-0.2, 0) is 4.79 Å². The van der Waals surface area contributed by atoms with Gasteiger partial charge in [-0.2, -0.15) is 0 Å². The van der Waals surface area contributed by atoms with Crippen molar-refractivity contribution < 1.29 is 14.0 Å². The maximum absolute atomic E-state index is 13.8. The number of nitrogens with zero attached hydrogens (tertiary/aromatic N) is 6. The van der Waals surface area contributed by atoms with Crippen molar-refractivity contribution in [3.63, 3.8) is 0 Å². The summed E-state index contributed by atoms with van der Waals surface area (Å²) in [5, 5.41) is 11.0. The zero-order valence-corrected chi connectivity index (χ0v) is 22.4. The summed E-state index contributed by atoms with van der Waals surface area (Å²) in [4.78, 5) is 37.8. The predicted octanol–water partition coefficient (Wildman–Crippen LogP) is 0.0314. The number of nitrogen functional groups attached to an aromatic ring is 1. The highest BCUT2D eigenvalue weighted by Gasteiger charge is 2.62. The first-order valence-corrected chi connectivity index (χ1v) is 13.8. The summed E-state index contributed by atoms with van der Waals surface area (Å²) in [6.07, 6.45) is 4.38. The molecule has 12 heteroatoms. The van der Waals surface area contributed by atoms with Crippen LogP contribution in [0.3, 0.4) is 0 Å². The molecule has 2 amide bonds. The maximum atomic E-state index is 13.8. The molecular weight excluding hydrogens is 489 g/mol. The number of piperazine rings is 2. The summed E-state index contributed by atoms with van der Waals surface area (Å²) in [5.41, 5.74) is 6.22. The summed E-state index contributed by atoms with van der Waals surface area (Å²) < 4.78 is 14.9. The van der Waals surface area contributed by atoms with Gasteiger partial charge in [-0.25, -0.2) is 13.9 Å². The van der Waals surface area contributed by atoms with Crippen molar-refractivity contribution in [3.05, 3.63) is 23.8 Å². The lowest BCUT2D eigenvalue weighted by atomic mass is 9.69. The minimum atomic E-state index is -0.558. The molecule has 2 aromatic heterocycles. The smallest absolute Gasteiger partial charge is 0.259 e. The Labute approximate surface area is 221 Å². The lowest BCUT2D eigenvalue weighted by Gasteiger charge is -2.59. The van der Waals surface area contributed by atoms with E-state index in [1.807, 2.05) is 11.9 Å². The second-order valence-corrected chi connectivity index (χ2v) is 11.5. The quantitative estimate of drug-likeness (QED) is 0.509. The SMILES string of the molecule is CC[C@@H]1CC(C)C2(N3CCN4CCN(C)C(=O)C4C3)C(NC(=O)c3c(N)nn4cc(F)cnc34)CNCC12. The van der Waals surface area contributed by atoms with Crippen molar-refractivity contribution in [2.75, 3.05) is 58.6 Å². The van der Waals surface area contributed by atoms with E-state index in [1.165, 1.54) is 4.52 Å². The lowest BCUT2D eigenvalue weighted by molar-refractivity contribution is -0.148. The molecule has 6 atom stereocenters. The number of carbonyl (C=O) groups is 2. The summed E-state index contributed by atoms with van der Waals surface area (Å²) in [5.74, 6) is 0.454. The molecule has 206 valence electrons. The van der Waals surface area contributed by atoms with Crippen LogP contribution >= 0.6 is 0 Å². The van der Waals surface area contributed by atoms with E-state index in [0.717, 1.165) is 58.0 Å². The van der Waals surface area contributed by atoms with Gasteiger partial charge in [0.2, 0.25) is 5.91 Å². The molecule has 0 radical (unpaired) electrons. The van der Waals surface area contributed by atoms with Crippen molar-refractivity contribution >= 4 is 23.3 Å². The average molecular weight is 528 g/mol. The number of carbonyl (C=O) groups excluding carboxylic acids is 2. The Hall–Kier alpha value is -2.83. The van der Waals surface area contributed by atoms with E-state index in [4.69, 9.17) is 5.73 Å². The van der Waals surface area contributed by atoms with E-state index in [2.05, 4.69) is 44.4 Å². The highest BCUT2D eigenvalue weighted by atomic mass is 19.1. The highest BCUT2D eigenvalue weighted by Crippen LogP contribution is 2.53.